The number of rotatable bonds is 7. The molecule has 0 spiro atoms. The first-order valence-corrected chi connectivity index (χ1v) is 10.5. The molecule has 3 rings (SSSR count). The fourth-order valence-electron chi connectivity index (χ4n) is 4.25. The summed E-state index contributed by atoms with van der Waals surface area (Å²) in [6, 6.07) is 6.48. The van der Waals surface area contributed by atoms with Gasteiger partial charge in [-0.3, -0.25) is 0 Å². The molecule has 1 heterocycles. The Morgan fingerprint density at radius 3 is 2.82 bits per heavy atom. The van der Waals surface area contributed by atoms with Crippen molar-refractivity contribution in [1.29, 1.82) is 0 Å². The van der Waals surface area contributed by atoms with Gasteiger partial charge in [-0.25, -0.2) is 9.07 Å². The summed E-state index contributed by atoms with van der Waals surface area (Å²) >= 11 is 6.01. The molecule has 2 aromatic rings. The van der Waals surface area contributed by atoms with Gasteiger partial charge in [0.2, 0.25) is 5.88 Å². The first-order chi connectivity index (χ1) is 13.3. The van der Waals surface area contributed by atoms with Crippen LogP contribution in [0.3, 0.4) is 0 Å². The van der Waals surface area contributed by atoms with Crippen LogP contribution in [0.25, 0.3) is 0 Å². The van der Waals surface area contributed by atoms with Crippen molar-refractivity contribution >= 4 is 11.6 Å². The average molecular weight is 408 g/mol. The maximum absolute atomic E-state index is 14.1. The quantitative estimate of drug-likeness (QED) is 0.655. The van der Waals surface area contributed by atoms with Gasteiger partial charge in [-0.2, -0.15) is 5.10 Å². The summed E-state index contributed by atoms with van der Waals surface area (Å²) in [5.74, 6) is 1.62. The maximum Gasteiger partial charge on any atom is 0.212 e. The molecule has 0 saturated heterocycles. The molecule has 6 heteroatoms. The lowest BCUT2D eigenvalue weighted by Gasteiger charge is -2.39. The van der Waals surface area contributed by atoms with Gasteiger partial charge in [-0.1, -0.05) is 31.4 Å². The largest absolute Gasteiger partial charge is 0.473 e. The zero-order chi connectivity index (χ0) is 20.3. The highest BCUT2D eigenvalue weighted by Gasteiger charge is 2.37. The zero-order valence-corrected chi connectivity index (χ0v) is 18.0. The lowest BCUT2D eigenvalue weighted by Crippen LogP contribution is -2.39. The fraction of sp³-hybridized carbons (Fsp3) is 0.591. The normalized spacial score (nSPS) is 20.4. The van der Waals surface area contributed by atoms with Crippen molar-refractivity contribution in [2.45, 2.75) is 65.1 Å². The molecule has 1 fully saturated rings. The Labute approximate surface area is 172 Å². The van der Waals surface area contributed by atoms with Crippen LogP contribution in [0, 0.1) is 17.7 Å². The molecule has 4 nitrogen and oxygen atoms in total. The van der Waals surface area contributed by atoms with Gasteiger partial charge in [0.05, 0.1) is 11.2 Å². The van der Waals surface area contributed by atoms with Crippen LogP contribution in [0.2, 0.25) is 5.02 Å². The molecule has 0 bridgehead atoms. The van der Waals surface area contributed by atoms with Crippen LogP contribution in [0.4, 0.5) is 4.39 Å². The zero-order valence-electron chi connectivity index (χ0n) is 17.3. The highest BCUT2D eigenvalue weighted by Crippen LogP contribution is 2.41. The van der Waals surface area contributed by atoms with Crippen LogP contribution in [-0.2, 0) is 18.7 Å². The van der Waals surface area contributed by atoms with Crippen LogP contribution in [0.15, 0.2) is 24.3 Å². The van der Waals surface area contributed by atoms with E-state index in [0.717, 1.165) is 11.6 Å². The molecule has 1 saturated carbocycles. The lowest BCUT2D eigenvalue weighted by atomic mass is 9.73. The van der Waals surface area contributed by atoms with Crippen LogP contribution in [-0.4, -0.2) is 16.8 Å². The van der Waals surface area contributed by atoms with Gasteiger partial charge in [-0.05, 0) is 63.8 Å². The highest BCUT2D eigenvalue weighted by atomic mass is 35.5. The molecular formula is C22H31ClFN3O. The Hall–Kier alpha value is -1.59. The first-order valence-electron chi connectivity index (χ1n) is 10.1. The number of benzene rings is 1. The molecule has 1 aromatic carbocycles. The molecule has 1 aliphatic rings. The number of ether oxygens (including phenoxy) is 1. The van der Waals surface area contributed by atoms with E-state index in [4.69, 9.17) is 21.4 Å². The average Bonchev–Trinajstić information content (AvgIpc) is 3.06. The second-order valence-corrected chi connectivity index (χ2v) is 9.00. The highest BCUT2D eigenvalue weighted by molar-refractivity contribution is 6.30. The third-order valence-electron chi connectivity index (χ3n) is 5.95. The van der Waals surface area contributed by atoms with E-state index in [-0.39, 0.29) is 18.0 Å². The Kier molecular flexibility index (Phi) is 6.66. The van der Waals surface area contributed by atoms with Crippen molar-refractivity contribution in [3.8, 4) is 5.88 Å². The molecule has 154 valence electrons. The van der Waals surface area contributed by atoms with E-state index in [1.807, 2.05) is 17.8 Å². The van der Waals surface area contributed by atoms with E-state index in [1.165, 1.54) is 31.7 Å². The fourth-order valence-corrected chi connectivity index (χ4v) is 4.44. The molecule has 0 radical (unpaired) electrons. The van der Waals surface area contributed by atoms with E-state index < -0.39 is 0 Å². The first kappa shape index (κ1) is 21.1. The van der Waals surface area contributed by atoms with Gasteiger partial charge in [0.1, 0.15) is 12.4 Å². The summed E-state index contributed by atoms with van der Waals surface area (Å²) in [4.78, 5) is 0. The number of aromatic nitrogens is 2. The Bertz CT molecular complexity index is 805. The van der Waals surface area contributed by atoms with Crippen molar-refractivity contribution in [3.05, 3.63) is 46.4 Å². The van der Waals surface area contributed by atoms with Crippen LogP contribution >= 0.6 is 11.6 Å². The minimum Gasteiger partial charge on any atom is -0.473 e. The van der Waals surface area contributed by atoms with Crippen LogP contribution in [0.5, 0.6) is 5.88 Å². The van der Waals surface area contributed by atoms with Gasteiger partial charge in [0.25, 0.3) is 0 Å². The van der Waals surface area contributed by atoms with Crippen molar-refractivity contribution in [2.24, 2.45) is 11.8 Å². The van der Waals surface area contributed by atoms with E-state index in [9.17, 15) is 4.39 Å². The Morgan fingerprint density at radius 2 is 2.11 bits per heavy atom. The lowest BCUT2D eigenvalue weighted by molar-refractivity contribution is 0.107. The molecular weight excluding hydrogens is 377 g/mol. The number of halogens is 2. The topological polar surface area (TPSA) is 39.1 Å². The second-order valence-electron chi connectivity index (χ2n) is 8.56. The summed E-state index contributed by atoms with van der Waals surface area (Å²) < 4.78 is 22.2. The van der Waals surface area contributed by atoms with E-state index in [2.05, 4.69) is 26.1 Å². The summed E-state index contributed by atoms with van der Waals surface area (Å²) in [6.07, 6.45) is 4.94. The van der Waals surface area contributed by atoms with Gasteiger partial charge < -0.3 is 10.1 Å². The van der Waals surface area contributed by atoms with E-state index >= 15 is 0 Å². The number of nitrogens with one attached hydrogen (secondary N) is 1. The monoisotopic (exact) mass is 407 g/mol. The third kappa shape index (κ3) is 4.69. The van der Waals surface area contributed by atoms with Crippen molar-refractivity contribution < 1.29 is 9.13 Å². The van der Waals surface area contributed by atoms with Gasteiger partial charge in [0, 0.05) is 23.2 Å². The smallest absolute Gasteiger partial charge is 0.212 e. The minimum atomic E-state index is -0.314. The Balaban J connectivity index is 1.86. The summed E-state index contributed by atoms with van der Waals surface area (Å²) in [6.45, 7) is 7.58. The molecule has 2 unspecified atom stereocenters. The van der Waals surface area contributed by atoms with Crippen LogP contribution in [0.1, 0.15) is 57.7 Å². The SMILES string of the molecule is CNCc1cc(OCc2cc(Cl)ccc2F)n(C(C)(C)C2CCCC(C)C2)n1. The van der Waals surface area contributed by atoms with Gasteiger partial charge >= 0.3 is 0 Å². The Morgan fingerprint density at radius 1 is 1.32 bits per heavy atom. The summed E-state index contributed by atoms with van der Waals surface area (Å²) in [7, 11) is 1.90. The number of hydrogen-bond donors (Lipinski definition) is 1. The predicted molar refractivity (Wildman–Crippen MR) is 111 cm³/mol. The molecule has 2 atom stereocenters. The molecule has 1 aromatic heterocycles. The van der Waals surface area contributed by atoms with Crippen molar-refractivity contribution in [3.63, 3.8) is 0 Å². The second kappa shape index (κ2) is 8.83. The number of hydrogen-bond acceptors (Lipinski definition) is 3. The van der Waals surface area contributed by atoms with E-state index in [0.29, 0.717) is 28.9 Å². The molecule has 1 aliphatic carbocycles. The molecule has 0 aliphatic heterocycles. The minimum absolute atomic E-state index is 0.119. The van der Waals surface area contributed by atoms with Crippen molar-refractivity contribution in [2.75, 3.05) is 7.05 Å². The number of nitrogens with zero attached hydrogens (tertiary/aromatic N) is 2. The standard InChI is InChI=1S/C22H31ClFN3O/c1-15-6-5-7-17(10-15)22(2,3)27-21(12-19(26-27)13-25-4)28-14-16-11-18(23)8-9-20(16)24/h8-9,11-12,15,17,25H,5-7,10,13-14H2,1-4H3. The third-order valence-corrected chi connectivity index (χ3v) is 6.18. The van der Waals surface area contributed by atoms with Gasteiger partial charge in [-0.15, -0.1) is 0 Å². The van der Waals surface area contributed by atoms with E-state index in [1.54, 1.807) is 12.1 Å². The molecule has 28 heavy (non-hydrogen) atoms. The molecule has 1 N–H and O–H groups in total. The summed E-state index contributed by atoms with van der Waals surface area (Å²) in [5.41, 5.74) is 1.18. The van der Waals surface area contributed by atoms with Crippen molar-refractivity contribution in [1.82, 2.24) is 15.1 Å². The molecule has 0 amide bonds. The van der Waals surface area contributed by atoms with Crippen LogP contribution < -0.4 is 10.1 Å². The predicted octanol–water partition coefficient (Wildman–Crippen LogP) is 5.54. The maximum atomic E-state index is 14.1. The van der Waals surface area contributed by atoms with Gasteiger partial charge in [0.15, 0.2) is 0 Å². The summed E-state index contributed by atoms with van der Waals surface area (Å²) in [5, 5.41) is 8.48.